The summed E-state index contributed by atoms with van der Waals surface area (Å²) >= 11 is 5.76. The van der Waals surface area contributed by atoms with E-state index in [9.17, 15) is 38.2 Å². The number of carboxylic acids is 1. The Morgan fingerprint density at radius 3 is 2.46 bits per heavy atom. The van der Waals surface area contributed by atoms with Gasteiger partial charge in [-0.2, -0.15) is 23.5 Å². The summed E-state index contributed by atoms with van der Waals surface area (Å²) < 4.78 is 40.6. The number of para-hydroxylation sites is 1. The molecule has 8 nitrogen and oxygen atoms in total. The molecule has 1 aliphatic heterocycles. The number of carboxylic acid groups (broad SMARTS) is 1. The number of carbonyl (C=O) groups excluding carboxylic acids is 1. The molecule has 0 fully saturated rings. The highest BCUT2D eigenvalue weighted by Crippen LogP contribution is 2.42. The van der Waals surface area contributed by atoms with Gasteiger partial charge in [0.2, 0.25) is 0 Å². The van der Waals surface area contributed by atoms with Gasteiger partial charge in [0.1, 0.15) is 5.75 Å². The number of aromatic hydroxyl groups is 1. The summed E-state index contributed by atoms with van der Waals surface area (Å²) in [7, 11) is 0. The van der Waals surface area contributed by atoms with Crippen molar-refractivity contribution in [1.82, 2.24) is 0 Å². The fourth-order valence-corrected chi connectivity index (χ4v) is 4.58. The Labute approximate surface area is 235 Å². The number of nitriles is 1. The molecule has 0 saturated heterocycles. The smallest absolute Gasteiger partial charge is 0.417 e. The Kier molecular flexibility index (Phi) is 6.86. The number of alkyl halides is 3. The van der Waals surface area contributed by atoms with Crippen LogP contribution in [0, 0.1) is 11.3 Å². The van der Waals surface area contributed by atoms with Gasteiger partial charge in [-0.1, -0.05) is 35.9 Å². The van der Waals surface area contributed by atoms with Gasteiger partial charge < -0.3 is 10.2 Å². The molecule has 41 heavy (non-hydrogen) atoms. The maximum atomic E-state index is 13.5. The van der Waals surface area contributed by atoms with E-state index in [-0.39, 0.29) is 50.8 Å². The van der Waals surface area contributed by atoms with E-state index >= 15 is 0 Å². The lowest BCUT2D eigenvalue weighted by atomic mass is 10.0. The average Bonchev–Trinajstić information content (AvgIpc) is 3.22. The van der Waals surface area contributed by atoms with Gasteiger partial charge in [0.15, 0.2) is 5.71 Å². The number of anilines is 3. The third-order valence-corrected chi connectivity index (χ3v) is 6.62. The molecule has 12 heteroatoms. The van der Waals surface area contributed by atoms with Crippen molar-refractivity contribution in [3.63, 3.8) is 0 Å². The molecule has 5 rings (SSSR count). The van der Waals surface area contributed by atoms with Gasteiger partial charge in [-0.15, -0.1) is 0 Å². The highest BCUT2D eigenvalue weighted by molar-refractivity contribution is 6.55. The maximum absolute atomic E-state index is 13.5. The Bertz CT molecular complexity index is 1810. The highest BCUT2D eigenvalue weighted by Gasteiger charge is 2.38. The van der Waals surface area contributed by atoms with Crippen molar-refractivity contribution in [2.24, 2.45) is 5.10 Å². The molecule has 1 heterocycles. The van der Waals surface area contributed by atoms with Gasteiger partial charge in [0.05, 0.1) is 44.8 Å². The number of hydrazone groups is 1. The number of phenols is 1. The zero-order valence-corrected chi connectivity index (χ0v) is 21.3. The number of nitrogens with zero attached hydrogens (tertiary/aromatic N) is 3. The van der Waals surface area contributed by atoms with E-state index < -0.39 is 28.6 Å². The van der Waals surface area contributed by atoms with E-state index in [1.807, 2.05) is 6.07 Å². The van der Waals surface area contributed by atoms with Crippen molar-refractivity contribution in [2.75, 3.05) is 10.3 Å². The van der Waals surface area contributed by atoms with Crippen LogP contribution in [0.15, 0.2) is 84.0 Å². The van der Waals surface area contributed by atoms with Crippen LogP contribution in [0.25, 0.3) is 11.1 Å². The van der Waals surface area contributed by atoms with Crippen molar-refractivity contribution in [2.45, 2.75) is 6.18 Å². The van der Waals surface area contributed by atoms with E-state index in [0.717, 1.165) is 17.0 Å². The molecule has 0 aromatic heterocycles. The number of amides is 1. The molecule has 0 unspecified atom stereocenters. The summed E-state index contributed by atoms with van der Waals surface area (Å²) in [6.45, 7) is 0. The Morgan fingerprint density at radius 1 is 1.00 bits per heavy atom. The topological polar surface area (TPSA) is 126 Å². The number of fused-ring (bicyclic) bond motifs is 1. The summed E-state index contributed by atoms with van der Waals surface area (Å²) in [5, 5.41) is 33.2. The third-order valence-electron chi connectivity index (χ3n) is 6.29. The number of hydrogen-bond acceptors (Lipinski definition) is 6. The number of carbonyl (C=O) groups is 2. The second kappa shape index (κ2) is 10.3. The van der Waals surface area contributed by atoms with E-state index in [4.69, 9.17) is 11.6 Å². The highest BCUT2D eigenvalue weighted by atomic mass is 35.5. The first-order chi connectivity index (χ1) is 19.5. The molecular formula is C29H16ClF3N4O4. The number of nitrogens with one attached hydrogen (secondary N) is 1. The number of phenolic OH excluding ortho intramolecular Hbond substituents is 1. The Hall–Kier alpha value is -5.34. The van der Waals surface area contributed by atoms with Crippen LogP contribution in [-0.2, 0) is 11.0 Å². The first-order valence-corrected chi connectivity index (χ1v) is 12.1. The predicted molar refractivity (Wildman–Crippen MR) is 145 cm³/mol. The van der Waals surface area contributed by atoms with Crippen LogP contribution in [0.1, 0.15) is 27.0 Å². The first-order valence-electron chi connectivity index (χ1n) is 11.7. The monoisotopic (exact) mass is 576 g/mol. The van der Waals surface area contributed by atoms with Gasteiger partial charge in [-0.05, 0) is 60.2 Å². The molecule has 4 aromatic carbocycles. The minimum atomic E-state index is -4.78. The number of benzene rings is 4. The molecule has 1 aliphatic rings. The predicted octanol–water partition coefficient (Wildman–Crippen LogP) is 6.80. The fraction of sp³-hybridized carbons (Fsp3) is 0.0345. The van der Waals surface area contributed by atoms with Crippen LogP contribution in [0.4, 0.5) is 30.2 Å². The molecular weight excluding hydrogens is 561 g/mol. The van der Waals surface area contributed by atoms with E-state index in [0.29, 0.717) is 5.56 Å². The van der Waals surface area contributed by atoms with Gasteiger partial charge in [0.25, 0.3) is 5.91 Å². The summed E-state index contributed by atoms with van der Waals surface area (Å²) in [4.78, 5) is 25.9. The number of rotatable bonds is 5. The quantitative estimate of drug-likeness (QED) is 0.177. The van der Waals surface area contributed by atoms with Crippen molar-refractivity contribution in [3.05, 3.63) is 106 Å². The summed E-state index contributed by atoms with van der Waals surface area (Å²) in [5.74, 6) is -2.21. The number of hydrogen-bond donors (Lipinski definition) is 3. The zero-order chi connectivity index (χ0) is 29.5. The molecule has 0 bridgehead atoms. The summed E-state index contributed by atoms with van der Waals surface area (Å²) in [6, 6.07) is 19.7. The number of halogens is 4. The Balaban J connectivity index is 1.56. The SMILES string of the molecule is N#Cc1ccc2c(c1)N(c1ccc(Cl)c(C(F)(F)F)c1)C(=O)C2=NNc1cccc(-c2cccc(C(=O)O)c2)c1O. The normalized spacial score (nSPS) is 13.7. The van der Waals surface area contributed by atoms with E-state index in [1.54, 1.807) is 18.2 Å². The maximum Gasteiger partial charge on any atom is 0.417 e. The van der Waals surface area contributed by atoms with Crippen molar-refractivity contribution in [1.29, 1.82) is 5.26 Å². The van der Waals surface area contributed by atoms with Gasteiger partial charge >= 0.3 is 12.1 Å². The molecule has 0 radical (unpaired) electrons. The molecule has 4 aromatic rings. The van der Waals surface area contributed by atoms with Gasteiger partial charge in [-0.3, -0.25) is 15.1 Å². The lowest BCUT2D eigenvalue weighted by Crippen LogP contribution is -2.26. The van der Waals surface area contributed by atoms with Crippen molar-refractivity contribution >= 4 is 46.3 Å². The molecule has 1 amide bonds. The molecule has 0 spiro atoms. The lowest BCUT2D eigenvalue weighted by Gasteiger charge is -2.19. The van der Waals surface area contributed by atoms with E-state index in [2.05, 4.69) is 10.5 Å². The fourth-order valence-electron chi connectivity index (χ4n) is 4.35. The summed E-state index contributed by atoms with van der Waals surface area (Å²) in [5.41, 5.74) is 2.48. The van der Waals surface area contributed by atoms with Crippen LogP contribution in [0.5, 0.6) is 5.75 Å². The largest absolute Gasteiger partial charge is 0.505 e. The minimum Gasteiger partial charge on any atom is -0.505 e. The molecule has 0 saturated carbocycles. The molecule has 204 valence electrons. The van der Waals surface area contributed by atoms with Gasteiger partial charge in [-0.25, -0.2) is 4.79 Å². The molecule has 0 atom stereocenters. The molecule has 0 aliphatic carbocycles. The number of aromatic carboxylic acids is 1. The van der Waals surface area contributed by atoms with Gasteiger partial charge in [0, 0.05) is 11.1 Å². The zero-order valence-electron chi connectivity index (χ0n) is 20.6. The first kappa shape index (κ1) is 27.2. The molecule has 3 N–H and O–H groups in total. The second-order valence-electron chi connectivity index (χ2n) is 8.81. The lowest BCUT2D eigenvalue weighted by molar-refractivity contribution is -0.137. The van der Waals surface area contributed by atoms with Crippen LogP contribution in [0.2, 0.25) is 5.02 Å². The second-order valence-corrected chi connectivity index (χ2v) is 9.21. The average molecular weight is 577 g/mol. The third kappa shape index (κ3) is 5.04. The van der Waals surface area contributed by atoms with Crippen molar-refractivity contribution < 1.29 is 33.0 Å². The van der Waals surface area contributed by atoms with Crippen LogP contribution < -0.4 is 10.3 Å². The van der Waals surface area contributed by atoms with Crippen LogP contribution in [0.3, 0.4) is 0 Å². The Morgan fingerprint density at radius 2 is 1.76 bits per heavy atom. The van der Waals surface area contributed by atoms with Crippen LogP contribution in [-0.4, -0.2) is 27.8 Å². The minimum absolute atomic E-state index is 0.0152. The van der Waals surface area contributed by atoms with Crippen LogP contribution >= 0.6 is 11.6 Å². The van der Waals surface area contributed by atoms with Crippen molar-refractivity contribution in [3.8, 4) is 22.9 Å². The summed E-state index contributed by atoms with van der Waals surface area (Å²) in [6.07, 6.45) is -4.78. The standard InChI is InChI=1S/C29H16ClF3N4O4/c30-22-10-8-18(13-21(22)29(31,32)33)37-24-11-15(14-34)7-9-20(24)25(27(37)39)36-35-23-6-2-5-19(26(23)38)16-3-1-4-17(12-16)28(40)41/h1-13,35,38H,(H,40,41). The van der Waals surface area contributed by atoms with E-state index in [1.165, 1.54) is 48.5 Å².